The van der Waals surface area contributed by atoms with Gasteiger partial charge >= 0.3 is 11.9 Å². The normalized spacial score (nSPS) is 11.7. The summed E-state index contributed by atoms with van der Waals surface area (Å²) in [5.41, 5.74) is 4.38. The van der Waals surface area contributed by atoms with Gasteiger partial charge in [-0.15, -0.1) is 0 Å². The number of benzene rings is 4. The molecule has 0 spiro atoms. The van der Waals surface area contributed by atoms with E-state index in [1.54, 1.807) is 31.2 Å². The van der Waals surface area contributed by atoms with Crippen LogP contribution in [0.15, 0.2) is 105 Å². The smallest absolute Gasteiger partial charge is 0.339 e. The Bertz CT molecular complexity index is 1600. The van der Waals surface area contributed by atoms with Crippen LogP contribution in [-0.2, 0) is 0 Å². The van der Waals surface area contributed by atoms with E-state index in [2.05, 4.69) is 20.5 Å². The lowest BCUT2D eigenvalue weighted by Gasteiger charge is -2.22. The highest BCUT2D eigenvalue weighted by Crippen LogP contribution is 2.30. The van der Waals surface area contributed by atoms with E-state index in [-0.39, 0.29) is 16.9 Å². The van der Waals surface area contributed by atoms with Crippen LogP contribution in [-0.4, -0.2) is 27.8 Å². The Balaban J connectivity index is 1.44. The number of hydrogen-bond acceptors (Lipinski definition) is 7. The van der Waals surface area contributed by atoms with Gasteiger partial charge in [0.2, 0.25) is 0 Å². The monoisotopic (exact) mass is 536 g/mol. The van der Waals surface area contributed by atoms with E-state index in [4.69, 9.17) is 4.74 Å². The van der Waals surface area contributed by atoms with Gasteiger partial charge in [-0.3, -0.25) is 0 Å². The number of nitrogens with zero attached hydrogens (tertiary/aromatic N) is 4. The van der Waals surface area contributed by atoms with Crippen molar-refractivity contribution in [2.45, 2.75) is 33.3 Å². The zero-order valence-corrected chi connectivity index (χ0v) is 22.5. The van der Waals surface area contributed by atoms with Crippen LogP contribution < -0.4 is 4.74 Å². The third-order valence-corrected chi connectivity index (χ3v) is 5.69. The minimum atomic E-state index is -1.10. The van der Waals surface area contributed by atoms with Gasteiger partial charge in [-0.1, -0.05) is 30.3 Å². The van der Waals surface area contributed by atoms with Crippen LogP contribution in [0.4, 0.5) is 22.7 Å². The zero-order valence-electron chi connectivity index (χ0n) is 22.5. The highest BCUT2D eigenvalue weighted by atomic mass is 16.5. The summed E-state index contributed by atoms with van der Waals surface area (Å²) < 4.78 is 5.74. The van der Waals surface area contributed by atoms with Gasteiger partial charge in [-0.25, -0.2) is 9.59 Å². The van der Waals surface area contributed by atoms with Crippen LogP contribution in [0.5, 0.6) is 5.75 Å². The van der Waals surface area contributed by atoms with Crippen LogP contribution in [0.3, 0.4) is 0 Å². The third-order valence-electron chi connectivity index (χ3n) is 5.69. The highest BCUT2D eigenvalue weighted by molar-refractivity contribution is 5.92. The van der Waals surface area contributed by atoms with Crippen LogP contribution in [0.2, 0.25) is 0 Å². The molecule has 0 saturated heterocycles. The number of carboxylic acids is 2. The first-order chi connectivity index (χ1) is 19.0. The van der Waals surface area contributed by atoms with Crippen molar-refractivity contribution >= 4 is 34.7 Å². The first-order valence-electron chi connectivity index (χ1n) is 12.4. The van der Waals surface area contributed by atoms with Crippen molar-refractivity contribution in [3.8, 4) is 16.9 Å². The number of ether oxygens (including phenoxy) is 1. The molecule has 4 aromatic rings. The molecule has 0 atom stereocenters. The van der Waals surface area contributed by atoms with Gasteiger partial charge in [0.1, 0.15) is 16.9 Å². The average molecular weight is 537 g/mol. The second-order valence-corrected chi connectivity index (χ2v) is 10.00. The van der Waals surface area contributed by atoms with E-state index in [1.807, 2.05) is 69.3 Å². The Morgan fingerprint density at radius 3 is 1.45 bits per heavy atom. The first-order valence-corrected chi connectivity index (χ1v) is 12.4. The summed E-state index contributed by atoms with van der Waals surface area (Å²) in [5.74, 6) is -1.83. The number of rotatable bonds is 8. The van der Waals surface area contributed by atoms with Gasteiger partial charge in [0, 0.05) is 0 Å². The molecule has 0 radical (unpaired) electrons. The number of carbonyl (C=O) groups is 2. The summed E-state index contributed by atoms with van der Waals surface area (Å²) in [6.07, 6.45) is 0. The van der Waals surface area contributed by atoms with Gasteiger partial charge in [-0.05, 0) is 99.0 Å². The molecule has 0 fully saturated rings. The van der Waals surface area contributed by atoms with Crippen molar-refractivity contribution in [3.05, 3.63) is 102 Å². The third kappa shape index (κ3) is 7.22. The Kier molecular flexibility index (Phi) is 8.14. The lowest BCUT2D eigenvalue weighted by molar-refractivity contribution is 0.0674. The predicted molar refractivity (Wildman–Crippen MR) is 152 cm³/mol. The Hall–Kier alpha value is -5.18. The van der Waals surface area contributed by atoms with Crippen molar-refractivity contribution in [1.82, 2.24) is 0 Å². The molecular formula is C31H28N4O5. The quantitative estimate of drug-likeness (QED) is 0.217. The van der Waals surface area contributed by atoms with Gasteiger partial charge in [0.25, 0.3) is 0 Å². The molecule has 2 N–H and O–H groups in total. The molecular weight excluding hydrogens is 508 g/mol. The van der Waals surface area contributed by atoms with E-state index >= 15 is 0 Å². The molecule has 0 aliphatic heterocycles. The SMILES string of the molecule is Cc1ccc(N=Nc2ccc(-c3ccc(N=Nc4ccc(OC(C)(C)C)c(C(=O)O)c4)cc3)cc2)cc1C(=O)O. The van der Waals surface area contributed by atoms with Crippen molar-refractivity contribution in [2.24, 2.45) is 20.5 Å². The van der Waals surface area contributed by atoms with Gasteiger partial charge < -0.3 is 14.9 Å². The maximum Gasteiger partial charge on any atom is 0.339 e. The van der Waals surface area contributed by atoms with E-state index in [1.165, 1.54) is 12.1 Å². The summed E-state index contributed by atoms with van der Waals surface area (Å²) in [5, 5.41) is 35.6. The van der Waals surface area contributed by atoms with Crippen LogP contribution in [0.25, 0.3) is 11.1 Å². The number of azo groups is 2. The number of aromatic carboxylic acids is 2. The number of aryl methyl sites for hydroxylation is 1. The average Bonchev–Trinajstić information content (AvgIpc) is 2.91. The van der Waals surface area contributed by atoms with Gasteiger partial charge in [-0.2, -0.15) is 20.5 Å². The molecule has 4 rings (SSSR count). The van der Waals surface area contributed by atoms with E-state index in [9.17, 15) is 19.8 Å². The van der Waals surface area contributed by atoms with Crippen LogP contribution in [0.1, 0.15) is 47.1 Å². The summed E-state index contributed by atoms with van der Waals surface area (Å²) in [4.78, 5) is 23.0. The van der Waals surface area contributed by atoms with Crippen molar-refractivity contribution < 1.29 is 24.5 Å². The molecule has 9 nitrogen and oxygen atoms in total. The van der Waals surface area contributed by atoms with E-state index < -0.39 is 17.5 Å². The summed E-state index contributed by atoms with van der Waals surface area (Å²) in [7, 11) is 0. The topological polar surface area (TPSA) is 133 Å². The minimum absolute atomic E-state index is 0.0218. The fourth-order valence-corrected chi connectivity index (χ4v) is 3.74. The highest BCUT2D eigenvalue weighted by Gasteiger charge is 2.18. The molecule has 4 aromatic carbocycles. The minimum Gasteiger partial charge on any atom is -0.487 e. The fourth-order valence-electron chi connectivity index (χ4n) is 3.74. The van der Waals surface area contributed by atoms with Crippen molar-refractivity contribution in [1.29, 1.82) is 0 Å². The zero-order chi connectivity index (χ0) is 28.9. The molecule has 0 aliphatic rings. The number of hydrogen-bond donors (Lipinski definition) is 2. The second kappa shape index (κ2) is 11.7. The molecule has 0 bridgehead atoms. The van der Waals surface area contributed by atoms with Crippen LogP contribution >= 0.6 is 0 Å². The molecule has 0 saturated carbocycles. The largest absolute Gasteiger partial charge is 0.487 e. The summed E-state index contributed by atoms with van der Waals surface area (Å²) in [6, 6.07) is 24.5. The van der Waals surface area contributed by atoms with E-state index in [0.29, 0.717) is 28.3 Å². The number of carboxylic acid groups (broad SMARTS) is 2. The van der Waals surface area contributed by atoms with Gasteiger partial charge in [0.15, 0.2) is 0 Å². The lowest BCUT2D eigenvalue weighted by atomic mass is 10.1. The molecule has 0 amide bonds. The Morgan fingerprint density at radius 2 is 1.00 bits per heavy atom. The molecule has 0 aliphatic carbocycles. The van der Waals surface area contributed by atoms with Crippen LogP contribution in [0, 0.1) is 6.92 Å². The Labute approximate surface area is 231 Å². The standard InChI is InChI=1S/C31H28N4O5/c1-19-5-10-24(17-26(19)29(36)37)34-32-22-11-6-20(7-12-22)21-8-13-23(14-9-21)33-35-25-15-16-28(40-31(2,3)4)27(18-25)30(38)39/h5-18H,1-4H3,(H,36,37)(H,38,39). The summed E-state index contributed by atoms with van der Waals surface area (Å²) in [6.45, 7) is 7.28. The fraction of sp³-hybridized carbons (Fsp3) is 0.161. The molecule has 0 aromatic heterocycles. The maximum atomic E-state index is 11.7. The molecule has 202 valence electrons. The van der Waals surface area contributed by atoms with Gasteiger partial charge in [0.05, 0.1) is 28.3 Å². The molecule has 0 heterocycles. The van der Waals surface area contributed by atoms with E-state index in [0.717, 1.165) is 11.1 Å². The first kappa shape index (κ1) is 27.8. The lowest BCUT2D eigenvalue weighted by Crippen LogP contribution is -2.24. The molecule has 9 heteroatoms. The maximum absolute atomic E-state index is 11.7. The van der Waals surface area contributed by atoms with Crippen molar-refractivity contribution in [2.75, 3.05) is 0 Å². The predicted octanol–water partition coefficient (Wildman–Crippen LogP) is 9.07. The summed E-state index contributed by atoms with van der Waals surface area (Å²) >= 11 is 0. The molecule has 0 unspecified atom stereocenters. The Morgan fingerprint density at radius 1 is 0.600 bits per heavy atom. The van der Waals surface area contributed by atoms with Crippen molar-refractivity contribution in [3.63, 3.8) is 0 Å². The second-order valence-electron chi connectivity index (χ2n) is 10.00. The molecule has 40 heavy (non-hydrogen) atoms.